The molecular weight excluding hydrogens is 382 g/mol. The predicted octanol–water partition coefficient (Wildman–Crippen LogP) is 3.56. The fourth-order valence-electron chi connectivity index (χ4n) is 2.34. The van der Waals surface area contributed by atoms with E-state index >= 15 is 0 Å². The van der Waals surface area contributed by atoms with Crippen LogP contribution in [0.5, 0.6) is 5.75 Å². The lowest BCUT2D eigenvalue weighted by atomic mass is 10.1. The molecule has 0 radical (unpaired) electrons. The van der Waals surface area contributed by atoms with Crippen LogP contribution in [0.3, 0.4) is 0 Å². The molecule has 0 fully saturated rings. The minimum atomic E-state index is -0.596. The van der Waals surface area contributed by atoms with Gasteiger partial charge in [-0.25, -0.2) is 0 Å². The highest BCUT2D eigenvalue weighted by molar-refractivity contribution is 6.30. The van der Waals surface area contributed by atoms with Crippen molar-refractivity contribution in [2.45, 2.75) is 26.3 Å². The van der Waals surface area contributed by atoms with Gasteiger partial charge < -0.3 is 14.8 Å². The molecule has 6 nitrogen and oxygen atoms in total. The molecule has 7 heteroatoms. The van der Waals surface area contributed by atoms with E-state index in [2.05, 4.69) is 5.32 Å². The van der Waals surface area contributed by atoms with E-state index in [1.54, 1.807) is 48.5 Å². The molecule has 1 amide bonds. The highest BCUT2D eigenvalue weighted by Crippen LogP contribution is 2.14. The Hall–Kier alpha value is -2.86. The number of ether oxygens (including phenoxy) is 2. The van der Waals surface area contributed by atoms with E-state index in [9.17, 15) is 14.4 Å². The Morgan fingerprint density at radius 3 is 2.29 bits per heavy atom. The first-order valence-corrected chi connectivity index (χ1v) is 9.28. The van der Waals surface area contributed by atoms with E-state index in [-0.39, 0.29) is 25.2 Å². The van der Waals surface area contributed by atoms with Crippen molar-refractivity contribution in [1.29, 1.82) is 0 Å². The van der Waals surface area contributed by atoms with Crippen molar-refractivity contribution in [1.82, 2.24) is 5.32 Å². The van der Waals surface area contributed by atoms with Crippen LogP contribution in [0.4, 0.5) is 0 Å². The van der Waals surface area contributed by atoms with Crippen LogP contribution in [0.25, 0.3) is 0 Å². The first-order chi connectivity index (χ1) is 13.5. The van der Waals surface area contributed by atoms with Crippen molar-refractivity contribution in [2.24, 2.45) is 0 Å². The van der Waals surface area contributed by atoms with Gasteiger partial charge in [0.15, 0.2) is 12.4 Å². The van der Waals surface area contributed by atoms with Crippen LogP contribution in [0, 0.1) is 0 Å². The molecule has 0 unspecified atom stereocenters. The lowest BCUT2D eigenvalue weighted by Gasteiger charge is -2.07. The molecule has 2 aromatic rings. The van der Waals surface area contributed by atoms with E-state index < -0.39 is 11.9 Å². The number of halogens is 1. The third-order valence-electron chi connectivity index (χ3n) is 3.81. The minimum Gasteiger partial charge on any atom is -0.494 e. The second-order valence-electron chi connectivity index (χ2n) is 5.94. The molecule has 1 N–H and O–H groups in total. The van der Waals surface area contributed by atoms with E-state index in [0.29, 0.717) is 29.5 Å². The van der Waals surface area contributed by atoms with Gasteiger partial charge in [-0.15, -0.1) is 0 Å². The topological polar surface area (TPSA) is 81.7 Å². The monoisotopic (exact) mass is 403 g/mol. The Kier molecular flexibility index (Phi) is 8.49. The number of carbonyl (C=O) groups excluding carboxylic acids is 3. The van der Waals surface area contributed by atoms with Crippen LogP contribution in [0.15, 0.2) is 48.5 Å². The predicted molar refractivity (Wildman–Crippen MR) is 105 cm³/mol. The van der Waals surface area contributed by atoms with Gasteiger partial charge >= 0.3 is 5.97 Å². The summed E-state index contributed by atoms with van der Waals surface area (Å²) in [7, 11) is 0. The summed E-state index contributed by atoms with van der Waals surface area (Å²) in [6.45, 7) is 2.35. The molecule has 2 rings (SSSR count). The van der Waals surface area contributed by atoms with Crippen molar-refractivity contribution in [2.75, 3.05) is 13.2 Å². The largest absolute Gasteiger partial charge is 0.494 e. The van der Waals surface area contributed by atoms with Crippen LogP contribution in [0.1, 0.15) is 35.7 Å². The van der Waals surface area contributed by atoms with Crippen molar-refractivity contribution in [3.8, 4) is 5.75 Å². The van der Waals surface area contributed by atoms with Gasteiger partial charge in [-0.3, -0.25) is 14.4 Å². The van der Waals surface area contributed by atoms with Crippen molar-refractivity contribution in [3.63, 3.8) is 0 Å². The molecule has 2 aromatic carbocycles. The third kappa shape index (κ3) is 7.40. The molecule has 0 aliphatic heterocycles. The molecule has 0 saturated carbocycles. The number of benzene rings is 2. The number of hydrogen-bond donors (Lipinski definition) is 1. The Morgan fingerprint density at radius 1 is 0.964 bits per heavy atom. The normalized spacial score (nSPS) is 10.2. The summed E-state index contributed by atoms with van der Waals surface area (Å²) in [5, 5.41) is 3.26. The minimum absolute atomic E-state index is 0.0131. The van der Waals surface area contributed by atoms with Crippen molar-refractivity contribution in [3.05, 3.63) is 64.7 Å². The highest BCUT2D eigenvalue weighted by atomic mass is 35.5. The number of ketones is 1. The van der Waals surface area contributed by atoms with Gasteiger partial charge in [0.25, 0.3) is 5.91 Å². The number of rotatable bonds is 10. The molecule has 28 heavy (non-hydrogen) atoms. The average molecular weight is 404 g/mol. The summed E-state index contributed by atoms with van der Waals surface area (Å²) in [5.74, 6) is -0.502. The summed E-state index contributed by atoms with van der Waals surface area (Å²) in [6.07, 6.45) is -0.0737. The zero-order valence-electron chi connectivity index (χ0n) is 15.6. The van der Waals surface area contributed by atoms with E-state index in [1.165, 1.54) is 0 Å². The molecule has 0 heterocycles. The number of Topliss-reactive ketones (excluding diaryl/α,β-unsaturated/α-hetero) is 1. The van der Waals surface area contributed by atoms with Gasteiger partial charge in [0.05, 0.1) is 13.0 Å². The van der Waals surface area contributed by atoms with Gasteiger partial charge in [0.1, 0.15) is 5.75 Å². The standard InChI is InChI=1S/C21H22ClNO5/c1-2-27-18-9-5-16(6-10-18)19(24)11-12-21(26)28-14-20(25)23-13-15-3-7-17(22)8-4-15/h3-10H,2,11-14H2,1H3,(H,23,25). The summed E-state index contributed by atoms with van der Waals surface area (Å²) < 4.78 is 10.2. The fraction of sp³-hybridized carbons (Fsp3) is 0.286. The first-order valence-electron chi connectivity index (χ1n) is 8.90. The number of amides is 1. The number of carbonyl (C=O) groups is 3. The molecular formula is C21H22ClNO5. The van der Waals surface area contributed by atoms with Gasteiger partial charge in [-0.1, -0.05) is 23.7 Å². The van der Waals surface area contributed by atoms with Crippen LogP contribution in [-0.2, 0) is 20.9 Å². The van der Waals surface area contributed by atoms with E-state index in [0.717, 1.165) is 5.56 Å². The second-order valence-corrected chi connectivity index (χ2v) is 6.38. The maximum absolute atomic E-state index is 12.1. The van der Waals surface area contributed by atoms with Crippen LogP contribution >= 0.6 is 11.6 Å². The van der Waals surface area contributed by atoms with E-state index in [1.807, 2.05) is 6.92 Å². The number of nitrogens with one attached hydrogen (secondary N) is 1. The molecule has 0 aliphatic carbocycles. The Balaban J connectivity index is 1.66. The maximum Gasteiger partial charge on any atom is 0.306 e. The van der Waals surface area contributed by atoms with Crippen molar-refractivity contribution >= 4 is 29.3 Å². The van der Waals surface area contributed by atoms with Gasteiger partial charge in [-0.05, 0) is 48.9 Å². The molecule has 0 spiro atoms. The zero-order valence-corrected chi connectivity index (χ0v) is 16.3. The maximum atomic E-state index is 12.1. The molecule has 0 atom stereocenters. The van der Waals surface area contributed by atoms with Gasteiger partial charge in [-0.2, -0.15) is 0 Å². The number of hydrogen-bond acceptors (Lipinski definition) is 5. The zero-order chi connectivity index (χ0) is 20.4. The van der Waals surface area contributed by atoms with Crippen LogP contribution in [0.2, 0.25) is 5.02 Å². The quantitative estimate of drug-likeness (QED) is 0.484. The Bertz CT molecular complexity index is 803. The van der Waals surface area contributed by atoms with E-state index in [4.69, 9.17) is 21.1 Å². The Morgan fingerprint density at radius 2 is 1.64 bits per heavy atom. The SMILES string of the molecule is CCOc1ccc(C(=O)CCC(=O)OCC(=O)NCc2ccc(Cl)cc2)cc1. The lowest BCUT2D eigenvalue weighted by molar-refractivity contribution is -0.148. The second kappa shape index (κ2) is 11.1. The molecule has 0 aromatic heterocycles. The van der Waals surface area contributed by atoms with Gasteiger partial charge in [0.2, 0.25) is 0 Å². The summed E-state index contributed by atoms with van der Waals surface area (Å²) in [6, 6.07) is 13.8. The molecule has 148 valence electrons. The number of esters is 1. The van der Waals surface area contributed by atoms with Crippen LogP contribution in [-0.4, -0.2) is 30.9 Å². The average Bonchev–Trinajstić information content (AvgIpc) is 2.71. The molecule has 0 aliphatic rings. The summed E-state index contributed by atoms with van der Waals surface area (Å²) in [5.41, 5.74) is 1.38. The summed E-state index contributed by atoms with van der Waals surface area (Å²) in [4.78, 5) is 35.6. The lowest BCUT2D eigenvalue weighted by Crippen LogP contribution is -2.28. The smallest absolute Gasteiger partial charge is 0.306 e. The van der Waals surface area contributed by atoms with Crippen molar-refractivity contribution < 1.29 is 23.9 Å². The molecule has 0 saturated heterocycles. The third-order valence-corrected chi connectivity index (χ3v) is 4.06. The first kappa shape index (κ1) is 21.4. The van der Waals surface area contributed by atoms with Crippen LogP contribution < -0.4 is 10.1 Å². The summed E-state index contributed by atoms with van der Waals surface area (Å²) >= 11 is 5.80. The fourth-order valence-corrected chi connectivity index (χ4v) is 2.46. The molecule has 0 bridgehead atoms. The highest BCUT2D eigenvalue weighted by Gasteiger charge is 2.12. The van der Waals surface area contributed by atoms with Gasteiger partial charge in [0, 0.05) is 23.6 Å². The Labute approximate surface area is 168 Å².